The molecule has 1 amide bonds. The number of nitrogens with zero attached hydrogens (tertiary/aromatic N) is 3. The summed E-state index contributed by atoms with van der Waals surface area (Å²) in [7, 11) is 2.12. The van der Waals surface area contributed by atoms with E-state index in [1.807, 2.05) is 0 Å². The average molecular weight is 381 g/mol. The van der Waals surface area contributed by atoms with E-state index in [2.05, 4.69) is 16.8 Å². The van der Waals surface area contributed by atoms with Crippen LogP contribution in [-0.2, 0) is 0 Å². The summed E-state index contributed by atoms with van der Waals surface area (Å²) in [6.45, 7) is 5.11. The minimum absolute atomic E-state index is 0.113. The molecule has 3 rings (SSSR count). The van der Waals surface area contributed by atoms with Crippen molar-refractivity contribution < 1.29 is 18.7 Å². The van der Waals surface area contributed by atoms with E-state index in [0.29, 0.717) is 25.6 Å². The largest absolute Gasteiger partial charge is 0.396 e. The van der Waals surface area contributed by atoms with Gasteiger partial charge in [-0.25, -0.2) is 8.78 Å². The Morgan fingerprint density at radius 3 is 2.44 bits per heavy atom. The lowest BCUT2D eigenvalue weighted by molar-refractivity contribution is 0.0214. The van der Waals surface area contributed by atoms with Gasteiger partial charge in [0, 0.05) is 51.9 Å². The zero-order chi connectivity index (χ0) is 19.4. The van der Waals surface area contributed by atoms with Crippen LogP contribution in [0.25, 0.3) is 0 Å². The standard InChI is InChI=1S/C20H29F2N3O2/c1-23-9-11-24(12-10-23)18-7-8-25(14-15(18)4-3-13-26)20(27)19-16(21)5-2-6-17(19)22/h2,5-6,15,18,26H,3-4,7-14H2,1H3/t15-,18+/m0/s1. The number of rotatable bonds is 5. The van der Waals surface area contributed by atoms with Crippen LogP contribution in [0.3, 0.4) is 0 Å². The van der Waals surface area contributed by atoms with Crippen molar-refractivity contribution in [2.24, 2.45) is 5.92 Å². The molecule has 0 aromatic heterocycles. The third-order valence-electron chi connectivity index (χ3n) is 5.90. The molecule has 0 bridgehead atoms. The van der Waals surface area contributed by atoms with Crippen LogP contribution in [0.4, 0.5) is 8.78 Å². The summed E-state index contributed by atoms with van der Waals surface area (Å²) in [6, 6.07) is 3.86. The van der Waals surface area contributed by atoms with Crippen molar-refractivity contribution in [2.45, 2.75) is 25.3 Å². The Morgan fingerprint density at radius 1 is 1.15 bits per heavy atom. The summed E-state index contributed by atoms with van der Waals surface area (Å²) in [5.41, 5.74) is -0.462. The number of benzene rings is 1. The van der Waals surface area contributed by atoms with E-state index in [-0.39, 0.29) is 12.5 Å². The Labute approximate surface area is 159 Å². The summed E-state index contributed by atoms with van der Waals surface area (Å²) in [5.74, 6) is -1.99. The molecular formula is C20H29F2N3O2. The molecule has 0 spiro atoms. The average Bonchev–Trinajstić information content (AvgIpc) is 2.66. The number of hydrogen-bond acceptors (Lipinski definition) is 4. The van der Waals surface area contributed by atoms with E-state index in [9.17, 15) is 18.7 Å². The first kappa shape index (κ1) is 20.2. The summed E-state index contributed by atoms with van der Waals surface area (Å²) >= 11 is 0. The minimum Gasteiger partial charge on any atom is -0.396 e. The van der Waals surface area contributed by atoms with E-state index in [4.69, 9.17) is 0 Å². The molecule has 5 nitrogen and oxygen atoms in total. The maximum Gasteiger partial charge on any atom is 0.259 e. The van der Waals surface area contributed by atoms with Gasteiger partial charge in [0.25, 0.3) is 5.91 Å². The fourth-order valence-electron chi connectivity index (χ4n) is 4.34. The van der Waals surface area contributed by atoms with E-state index in [0.717, 1.165) is 51.2 Å². The highest BCUT2D eigenvalue weighted by molar-refractivity contribution is 5.94. The number of piperidine rings is 1. The van der Waals surface area contributed by atoms with Crippen LogP contribution in [0.2, 0.25) is 0 Å². The molecule has 27 heavy (non-hydrogen) atoms. The molecule has 1 aromatic rings. The van der Waals surface area contributed by atoms with Crippen molar-refractivity contribution in [3.8, 4) is 0 Å². The predicted octanol–water partition coefficient (Wildman–Crippen LogP) is 1.82. The first-order chi connectivity index (χ1) is 13.0. The zero-order valence-corrected chi connectivity index (χ0v) is 15.9. The van der Waals surface area contributed by atoms with Crippen molar-refractivity contribution in [3.63, 3.8) is 0 Å². The molecule has 0 unspecified atom stereocenters. The molecule has 2 aliphatic heterocycles. The first-order valence-corrected chi connectivity index (χ1v) is 9.78. The topological polar surface area (TPSA) is 47.0 Å². The Balaban J connectivity index is 1.72. The Kier molecular flexibility index (Phi) is 6.78. The molecule has 150 valence electrons. The van der Waals surface area contributed by atoms with Crippen molar-refractivity contribution in [1.82, 2.24) is 14.7 Å². The van der Waals surface area contributed by atoms with Gasteiger partial charge in [0.1, 0.15) is 17.2 Å². The number of aliphatic hydroxyl groups excluding tert-OH is 1. The smallest absolute Gasteiger partial charge is 0.259 e. The molecule has 2 heterocycles. The van der Waals surface area contributed by atoms with Gasteiger partial charge in [-0.2, -0.15) is 0 Å². The summed E-state index contributed by atoms with van der Waals surface area (Å²) in [4.78, 5) is 19.1. The van der Waals surface area contributed by atoms with Gasteiger partial charge >= 0.3 is 0 Å². The molecule has 2 aliphatic rings. The molecular weight excluding hydrogens is 352 g/mol. The second-order valence-corrected chi connectivity index (χ2v) is 7.67. The maximum absolute atomic E-state index is 14.0. The maximum atomic E-state index is 14.0. The van der Waals surface area contributed by atoms with E-state index >= 15 is 0 Å². The number of likely N-dealkylation sites (tertiary alicyclic amines) is 1. The zero-order valence-electron chi connectivity index (χ0n) is 15.9. The summed E-state index contributed by atoms with van der Waals surface area (Å²) in [5, 5.41) is 9.25. The quantitative estimate of drug-likeness (QED) is 0.845. The van der Waals surface area contributed by atoms with Gasteiger partial charge in [0.05, 0.1) is 0 Å². The van der Waals surface area contributed by atoms with Crippen LogP contribution < -0.4 is 0 Å². The van der Waals surface area contributed by atoms with E-state index < -0.39 is 23.1 Å². The monoisotopic (exact) mass is 381 g/mol. The van der Waals surface area contributed by atoms with Crippen molar-refractivity contribution in [3.05, 3.63) is 35.4 Å². The third-order valence-corrected chi connectivity index (χ3v) is 5.90. The number of carbonyl (C=O) groups excluding carboxylic acids is 1. The Morgan fingerprint density at radius 2 is 1.81 bits per heavy atom. The number of amides is 1. The van der Waals surface area contributed by atoms with Crippen LogP contribution in [0, 0.1) is 17.6 Å². The Bertz CT molecular complexity index is 630. The molecule has 2 atom stereocenters. The predicted molar refractivity (Wildman–Crippen MR) is 99.5 cm³/mol. The first-order valence-electron chi connectivity index (χ1n) is 9.78. The third kappa shape index (κ3) is 4.65. The number of carbonyl (C=O) groups is 1. The van der Waals surface area contributed by atoms with Crippen LogP contribution >= 0.6 is 0 Å². The van der Waals surface area contributed by atoms with Crippen molar-refractivity contribution in [1.29, 1.82) is 0 Å². The molecule has 2 saturated heterocycles. The van der Waals surface area contributed by atoms with Gasteiger partial charge in [-0.1, -0.05) is 6.07 Å². The van der Waals surface area contributed by atoms with Gasteiger partial charge in [0.15, 0.2) is 0 Å². The van der Waals surface area contributed by atoms with Gasteiger partial charge in [-0.3, -0.25) is 9.69 Å². The highest BCUT2D eigenvalue weighted by Gasteiger charge is 2.36. The fourth-order valence-corrected chi connectivity index (χ4v) is 4.34. The van der Waals surface area contributed by atoms with Crippen LogP contribution in [0.1, 0.15) is 29.6 Å². The number of piperazine rings is 1. The second kappa shape index (κ2) is 9.08. The van der Waals surface area contributed by atoms with Crippen molar-refractivity contribution in [2.75, 3.05) is 52.9 Å². The number of likely N-dealkylation sites (N-methyl/N-ethyl adjacent to an activating group) is 1. The van der Waals surface area contributed by atoms with Crippen LogP contribution in [0.5, 0.6) is 0 Å². The highest BCUT2D eigenvalue weighted by atomic mass is 19.1. The molecule has 2 fully saturated rings. The van der Waals surface area contributed by atoms with E-state index in [1.165, 1.54) is 6.07 Å². The van der Waals surface area contributed by atoms with Crippen molar-refractivity contribution >= 4 is 5.91 Å². The molecule has 7 heteroatoms. The molecule has 0 aliphatic carbocycles. The molecule has 0 saturated carbocycles. The van der Waals surface area contributed by atoms with E-state index in [1.54, 1.807) is 4.90 Å². The van der Waals surface area contributed by atoms with Gasteiger partial charge in [-0.15, -0.1) is 0 Å². The fraction of sp³-hybridized carbons (Fsp3) is 0.650. The van der Waals surface area contributed by atoms with Crippen LogP contribution in [0.15, 0.2) is 18.2 Å². The van der Waals surface area contributed by atoms with Crippen LogP contribution in [-0.4, -0.2) is 84.7 Å². The molecule has 0 radical (unpaired) electrons. The number of aliphatic hydroxyl groups is 1. The molecule has 1 N–H and O–H groups in total. The Hall–Kier alpha value is -1.57. The lowest BCUT2D eigenvalue weighted by atomic mass is 9.86. The minimum atomic E-state index is -0.812. The van der Waals surface area contributed by atoms with Gasteiger partial charge in [0.2, 0.25) is 0 Å². The highest BCUT2D eigenvalue weighted by Crippen LogP contribution is 2.28. The summed E-state index contributed by atoms with van der Waals surface area (Å²) < 4.78 is 28.1. The SMILES string of the molecule is CN1CCN([C@@H]2CCN(C(=O)c3c(F)cccc3F)C[C@@H]2CCCO)CC1. The van der Waals surface area contributed by atoms with Gasteiger partial charge in [-0.05, 0) is 44.4 Å². The lowest BCUT2D eigenvalue weighted by Gasteiger charge is -2.46. The molecule has 1 aromatic carbocycles. The number of halogens is 2. The lowest BCUT2D eigenvalue weighted by Crippen LogP contribution is -2.57. The second-order valence-electron chi connectivity index (χ2n) is 7.67. The summed E-state index contributed by atoms with van der Waals surface area (Å²) in [6.07, 6.45) is 2.27. The normalized spacial score (nSPS) is 25.0. The number of hydrogen-bond donors (Lipinski definition) is 1. The van der Waals surface area contributed by atoms with Gasteiger partial charge < -0.3 is 14.9 Å².